The van der Waals surface area contributed by atoms with Gasteiger partial charge in [0.2, 0.25) is 0 Å². The number of hydrogen-bond acceptors (Lipinski definition) is 2. The molecule has 0 aliphatic rings. The van der Waals surface area contributed by atoms with Crippen LogP contribution < -0.4 is 5.73 Å². The molecule has 0 saturated carbocycles. The quantitative estimate of drug-likeness (QED) is 0.943. The summed E-state index contributed by atoms with van der Waals surface area (Å²) in [6.45, 7) is 2.86. The highest BCUT2D eigenvalue weighted by molar-refractivity contribution is 9.10. The molecule has 1 aromatic heterocycles. The van der Waals surface area contributed by atoms with Gasteiger partial charge in [-0.3, -0.25) is 4.68 Å². The van der Waals surface area contributed by atoms with Crippen molar-refractivity contribution in [3.63, 3.8) is 0 Å². The molecule has 0 aliphatic carbocycles. The molecule has 5 heteroatoms. The van der Waals surface area contributed by atoms with E-state index in [-0.39, 0.29) is 11.9 Å². The predicted octanol–water partition coefficient (Wildman–Crippen LogP) is 3.05. The summed E-state index contributed by atoms with van der Waals surface area (Å²) in [5.74, 6) is -0.285. The van der Waals surface area contributed by atoms with E-state index in [1.165, 1.54) is 6.07 Å². The van der Waals surface area contributed by atoms with Crippen molar-refractivity contribution in [2.24, 2.45) is 5.73 Å². The zero-order valence-electron chi connectivity index (χ0n) is 10.1. The van der Waals surface area contributed by atoms with Crippen molar-refractivity contribution in [2.45, 2.75) is 25.9 Å². The maximum Gasteiger partial charge on any atom is 0.137 e. The van der Waals surface area contributed by atoms with Crippen LogP contribution in [0.25, 0.3) is 0 Å². The van der Waals surface area contributed by atoms with Crippen LogP contribution >= 0.6 is 15.9 Å². The molecule has 2 aromatic rings. The first-order chi connectivity index (χ1) is 8.60. The van der Waals surface area contributed by atoms with Gasteiger partial charge in [0.25, 0.3) is 0 Å². The lowest BCUT2D eigenvalue weighted by molar-refractivity contribution is 0.612. The Kier molecular flexibility index (Phi) is 4.14. The minimum absolute atomic E-state index is 0.220. The van der Waals surface area contributed by atoms with E-state index >= 15 is 0 Å². The molecule has 0 spiro atoms. The highest BCUT2D eigenvalue weighted by Crippen LogP contribution is 2.21. The van der Waals surface area contributed by atoms with Crippen molar-refractivity contribution in [3.8, 4) is 0 Å². The fourth-order valence-corrected chi connectivity index (χ4v) is 2.05. The molecule has 0 amide bonds. The van der Waals surface area contributed by atoms with Crippen molar-refractivity contribution < 1.29 is 4.39 Å². The summed E-state index contributed by atoms with van der Waals surface area (Å²) < 4.78 is 15.7. The molecule has 1 unspecified atom stereocenters. The first-order valence-corrected chi connectivity index (χ1v) is 6.61. The zero-order chi connectivity index (χ0) is 13.1. The monoisotopic (exact) mass is 311 g/mol. The molecule has 3 nitrogen and oxygen atoms in total. The smallest absolute Gasteiger partial charge is 0.137 e. The number of rotatable bonds is 4. The summed E-state index contributed by atoms with van der Waals surface area (Å²) in [6.07, 6.45) is 4.43. The van der Waals surface area contributed by atoms with Gasteiger partial charge in [-0.25, -0.2) is 4.39 Å². The Morgan fingerprint density at radius 3 is 2.89 bits per heavy atom. The number of nitrogens with zero attached hydrogens (tertiary/aromatic N) is 2. The molecule has 0 radical (unpaired) electrons. The molecule has 2 rings (SSSR count). The van der Waals surface area contributed by atoms with Gasteiger partial charge in [0.05, 0.1) is 10.7 Å². The van der Waals surface area contributed by atoms with Gasteiger partial charge in [0, 0.05) is 18.8 Å². The summed E-state index contributed by atoms with van der Waals surface area (Å²) in [5.41, 5.74) is 7.93. The normalized spacial score (nSPS) is 12.7. The molecule has 1 atom stereocenters. The average Bonchev–Trinajstić information content (AvgIpc) is 2.80. The van der Waals surface area contributed by atoms with Crippen molar-refractivity contribution in [3.05, 3.63) is 52.0 Å². The summed E-state index contributed by atoms with van der Waals surface area (Å²) in [4.78, 5) is 0. The van der Waals surface area contributed by atoms with Gasteiger partial charge in [-0.2, -0.15) is 5.10 Å². The van der Waals surface area contributed by atoms with Crippen LogP contribution in [0.3, 0.4) is 0 Å². The van der Waals surface area contributed by atoms with E-state index in [0.29, 0.717) is 10.9 Å². The van der Waals surface area contributed by atoms with Crippen LogP contribution in [0.1, 0.15) is 24.1 Å². The number of benzene rings is 1. The number of halogens is 2. The number of hydrogen-bond donors (Lipinski definition) is 1. The first kappa shape index (κ1) is 13.2. The van der Waals surface area contributed by atoms with E-state index in [2.05, 4.69) is 21.0 Å². The minimum atomic E-state index is -0.285. The molecule has 1 heterocycles. The van der Waals surface area contributed by atoms with Gasteiger partial charge < -0.3 is 5.73 Å². The van der Waals surface area contributed by atoms with Crippen LogP contribution in [0.5, 0.6) is 0 Å². The van der Waals surface area contributed by atoms with Gasteiger partial charge in [-0.05, 0) is 52.5 Å². The van der Waals surface area contributed by atoms with E-state index in [1.807, 2.05) is 23.9 Å². The number of nitrogens with two attached hydrogens (primary N) is 1. The molecule has 0 bridgehead atoms. The lowest BCUT2D eigenvalue weighted by Crippen LogP contribution is -2.13. The van der Waals surface area contributed by atoms with Gasteiger partial charge in [0.1, 0.15) is 5.82 Å². The van der Waals surface area contributed by atoms with Crippen molar-refractivity contribution in [1.29, 1.82) is 0 Å². The Balaban J connectivity index is 2.11. The van der Waals surface area contributed by atoms with Gasteiger partial charge >= 0.3 is 0 Å². The third kappa shape index (κ3) is 2.97. The van der Waals surface area contributed by atoms with E-state index < -0.39 is 0 Å². The first-order valence-electron chi connectivity index (χ1n) is 5.82. The van der Waals surface area contributed by atoms with Gasteiger partial charge in [-0.1, -0.05) is 6.07 Å². The largest absolute Gasteiger partial charge is 0.324 e. The SMILES string of the molecule is CCn1cc(CC(N)c2ccc(Br)c(F)c2)cn1. The molecule has 0 saturated heterocycles. The summed E-state index contributed by atoms with van der Waals surface area (Å²) >= 11 is 3.13. The van der Waals surface area contributed by atoms with Crippen molar-refractivity contribution in [2.75, 3.05) is 0 Å². The van der Waals surface area contributed by atoms with Crippen molar-refractivity contribution in [1.82, 2.24) is 9.78 Å². The molecule has 0 fully saturated rings. The summed E-state index contributed by atoms with van der Waals surface area (Å²) in [6, 6.07) is 4.77. The highest BCUT2D eigenvalue weighted by Gasteiger charge is 2.10. The predicted molar refractivity (Wildman–Crippen MR) is 72.6 cm³/mol. The molecule has 0 aliphatic heterocycles. The van der Waals surface area contributed by atoms with Gasteiger partial charge in [-0.15, -0.1) is 0 Å². The minimum Gasteiger partial charge on any atom is -0.324 e. The Morgan fingerprint density at radius 1 is 1.50 bits per heavy atom. The lowest BCUT2D eigenvalue weighted by Gasteiger charge is -2.11. The fraction of sp³-hybridized carbons (Fsp3) is 0.308. The van der Waals surface area contributed by atoms with Crippen LogP contribution in [-0.4, -0.2) is 9.78 Å². The van der Waals surface area contributed by atoms with E-state index in [9.17, 15) is 4.39 Å². The Morgan fingerprint density at radius 2 is 2.28 bits per heavy atom. The van der Waals surface area contributed by atoms with Crippen LogP contribution in [0.15, 0.2) is 35.1 Å². The van der Waals surface area contributed by atoms with Crippen molar-refractivity contribution >= 4 is 15.9 Å². The molecule has 1 aromatic carbocycles. The molecule has 2 N–H and O–H groups in total. The second-order valence-electron chi connectivity index (χ2n) is 4.19. The second-order valence-corrected chi connectivity index (χ2v) is 5.04. The second kappa shape index (κ2) is 5.63. The maximum atomic E-state index is 13.4. The third-order valence-corrected chi connectivity index (χ3v) is 3.48. The molecule has 18 heavy (non-hydrogen) atoms. The Bertz CT molecular complexity index is 539. The van der Waals surface area contributed by atoms with Crippen LogP contribution in [0.4, 0.5) is 4.39 Å². The number of aromatic nitrogens is 2. The third-order valence-electron chi connectivity index (χ3n) is 2.84. The number of aryl methyl sites for hydroxylation is 1. The fourth-order valence-electron chi connectivity index (χ4n) is 1.80. The van der Waals surface area contributed by atoms with E-state index in [0.717, 1.165) is 17.7 Å². The summed E-state index contributed by atoms with van der Waals surface area (Å²) in [5, 5.41) is 4.19. The van der Waals surface area contributed by atoms with Crippen LogP contribution in [0, 0.1) is 5.82 Å². The Labute approximate surface area is 114 Å². The summed E-state index contributed by atoms with van der Waals surface area (Å²) in [7, 11) is 0. The average molecular weight is 312 g/mol. The van der Waals surface area contributed by atoms with Crippen LogP contribution in [0.2, 0.25) is 0 Å². The standard InChI is InChI=1S/C13H15BrFN3/c1-2-18-8-9(7-17-18)5-13(16)10-3-4-11(14)12(15)6-10/h3-4,6-8,13H,2,5,16H2,1H3. The molecular formula is C13H15BrFN3. The highest BCUT2D eigenvalue weighted by atomic mass is 79.9. The van der Waals surface area contributed by atoms with E-state index in [1.54, 1.807) is 12.3 Å². The Hall–Kier alpha value is -1.20. The molecular weight excluding hydrogens is 297 g/mol. The topological polar surface area (TPSA) is 43.8 Å². The maximum absolute atomic E-state index is 13.4. The van der Waals surface area contributed by atoms with Gasteiger partial charge in [0.15, 0.2) is 0 Å². The van der Waals surface area contributed by atoms with E-state index in [4.69, 9.17) is 5.73 Å². The van der Waals surface area contributed by atoms with Crippen LogP contribution in [-0.2, 0) is 13.0 Å². The lowest BCUT2D eigenvalue weighted by atomic mass is 10.0. The molecule has 96 valence electrons. The zero-order valence-corrected chi connectivity index (χ0v) is 11.7.